The molecule has 0 bridgehead atoms. The molecule has 2 fully saturated rings. The molecule has 7 heteroatoms. The van der Waals surface area contributed by atoms with Crippen LogP contribution in [0, 0.1) is 17.2 Å². The highest BCUT2D eigenvalue weighted by atomic mass is 19.1. The van der Waals surface area contributed by atoms with E-state index in [2.05, 4.69) is 10.1 Å². The fourth-order valence-electron chi connectivity index (χ4n) is 4.96. The van der Waals surface area contributed by atoms with Crippen LogP contribution in [0.25, 0.3) is 0 Å². The number of oxime groups is 1. The molecule has 2 saturated heterocycles. The van der Waals surface area contributed by atoms with E-state index >= 15 is 0 Å². The van der Waals surface area contributed by atoms with E-state index in [-0.39, 0.29) is 17.9 Å². The summed E-state index contributed by atoms with van der Waals surface area (Å²) in [6.45, 7) is 6.52. The molecule has 3 aliphatic heterocycles. The van der Waals surface area contributed by atoms with Gasteiger partial charge >= 0.3 is 5.97 Å². The Hall–Kier alpha value is -1.99. The second kappa shape index (κ2) is 9.43. The summed E-state index contributed by atoms with van der Waals surface area (Å²) in [5, 5.41) is 4.23. The molecule has 1 aromatic carbocycles. The lowest BCUT2D eigenvalue weighted by Crippen LogP contribution is -2.51. The van der Waals surface area contributed by atoms with E-state index in [0.29, 0.717) is 31.9 Å². The van der Waals surface area contributed by atoms with Crippen LogP contribution in [0.2, 0.25) is 0 Å². The smallest absolute Gasteiger partial charge is 0.313 e. The van der Waals surface area contributed by atoms with Gasteiger partial charge in [0.1, 0.15) is 11.9 Å². The molecule has 6 nitrogen and oxygen atoms in total. The van der Waals surface area contributed by atoms with Crippen LogP contribution in [0.15, 0.2) is 29.4 Å². The summed E-state index contributed by atoms with van der Waals surface area (Å²) in [4.78, 5) is 21.2. The summed E-state index contributed by atoms with van der Waals surface area (Å²) < 4.78 is 24.3. The van der Waals surface area contributed by atoms with Crippen LogP contribution in [0.1, 0.15) is 44.6 Å². The summed E-state index contributed by atoms with van der Waals surface area (Å²) in [6.07, 6.45) is 3.87. The zero-order chi connectivity index (χ0) is 21.0. The first kappa shape index (κ1) is 21.2. The van der Waals surface area contributed by atoms with Gasteiger partial charge in [-0.05, 0) is 56.3 Å². The van der Waals surface area contributed by atoms with Gasteiger partial charge in [-0.3, -0.25) is 4.79 Å². The Kier molecular flexibility index (Phi) is 6.68. The van der Waals surface area contributed by atoms with Crippen molar-refractivity contribution in [2.24, 2.45) is 16.5 Å². The highest BCUT2D eigenvalue weighted by Crippen LogP contribution is 2.39. The Morgan fingerprint density at radius 2 is 2.20 bits per heavy atom. The molecule has 1 aromatic rings. The zero-order valence-corrected chi connectivity index (χ0v) is 17.6. The molecular weight excluding hydrogens is 387 g/mol. The maximum atomic E-state index is 13.2. The predicted octanol–water partition coefficient (Wildman–Crippen LogP) is 3.39. The second-order valence-electron chi connectivity index (χ2n) is 8.75. The van der Waals surface area contributed by atoms with Gasteiger partial charge in [0.05, 0.1) is 24.3 Å². The topological polar surface area (TPSA) is 60.4 Å². The molecule has 0 aliphatic carbocycles. The lowest BCUT2D eigenvalue weighted by Gasteiger charge is -2.42. The third kappa shape index (κ3) is 4.83. The van der Waals surface area contributed by atoms with E-state index in [1.807, 2.05) is 6.92 Å². The number of nitrogens with zero attached hydrogens (tertiary/aromatic N) is 2. The number of carbonyl (C=O) groups is 1. The quantitative estimate of drug-likeness (QED) is 0.636. The fourth-order valence-corrected chi connectivity index (χ4v) is 4.96. The molecule has 3 atom stereocenters. The minimum atomic E-state index is -0.577. The minimum absolute atomic E-state index is 0.129. The van der Waals surface area contributed by atoms with Crippen LogP contribution < -0.4 is 0 Å². The average molecular weight is 419 g/mol. The van der Waals surface area contributed by atoms with Gasteiger partial charge < -0.3 is 19.2 Å². The van der Waals surface area contributed by atoms with Crippen molar-refractivity contribution in [3.63, 3.8) is 0 Å². The van der Waals surface area contributed by atoms with Crippen LogP contribution in [0.3, 0.4) is 0 Å². The van der Waals surface area contributed by atoms with Crippen molar-refractivity contribution in [1.29, 1.82) is 0 Å². The normalized spacial score (nSPS) is 29.5. The lowest BCUT2D eigenvalue weighted by atomic mass is 9.74. The Labute approximate surface area is 177 Å². The summed E-state index contributed by atoms with van der Waals surface area (Å²) in [5.41, 5.74) is 1.08. The van der Waals surface area contributed by atoms with Gasteiger partial charge in [-0.2, -0.15) is 0 Å². The lowest BCUT2D eigenvalue weighted by molar-refractivity contribution is -0.162. The summed E-state index contributed by atoms with van der Waals surface area (Å²) in [6, 6.07) is 6.29. The molecule has 0 amide bonds. The van der Waals surface area contributed by atoms with Crippen molar-refractivity contribution in [2.45, 2.75) is 45.1 Å². The van der Waals surface area contributed by atoms with Crippen molar-refractivity contribution in [3.05, 3.63) is 35.6 Å². The number of likely N-dealkylation sites (tertiary alicyclic amines) is 1. The molecule has 4 rings (SSSR count). The number of hydrogen-bond acceptors (Lipinski definition) is 6. The van der Waals surface area contributed by atoms with Gasteiger partial charge in [-0.15, -0.1) is 0 Å². The van der Waals surface area contributed by atoms with Gasteiger partial charge in [-0.25, -0.2) is 4.39 Å². The first-order chi connectivity index (χ1) is 14.6. The Morgan fingerprint density at radius 1 is 1.37 bits per heavy atom. The van der Waals surface area contributed by atoms with Crippen molar-refractivity contribution in [3.8, 4) is 0 Å². The number of halogens is 1. The Morgan fingerprint density at radius 3 is 2.93 bits per heavy atom. The molecule has 0 saturated carbocycles. The molecule has 0 unspecified atom stereocenters. The van der Waals surface area contributed by atoms with Gasteiger partial charge in [0.15, 0.2) is 0 Å². The van der Waals surface area contributed by atoms with Crippen molar-refractivity contribution >= 4 is 11.7 Å². The number of carbonyl (C=O) groups excluding carboxylic acids is 1. The second-order valence-corrected chi connectivity index (χ2v) is 8.75. The predicted molar refractivity (Wildman–Crippen MR) is 111 cm³/mol. The standard InChI is InChI=1S/C23H31FN2O4/c1-2-29-22(27)23(9-3-10-26(16-23)14-17-8-11-28-15-17)13-20-12-21(25-30-20)18-4-6-19(24)7-5-18/h4-7,17,20H,2-3,8-16H2,1H3/t17-,20+,23-/m0/s1. The van der Waals surface area contributed by atoms with Crippen LogP contribution in [0.4, 0.5) is 4.39 Å². The number of piperidine rings is 1. The number of esters is 1. The molecule has 164 valence electrons. The Bertz CT molecular complexity index is 763. The van der Waals surface area contributed by atoms with Crippen LogP contribution in [-0.2, 0) is 19.1 Å². The minimum Gasteiger partial charge on any atom is -0.466 e. The van der Waals surface area contributed by atoms with E-state index in [1.165, 1.54) is 12.1 Å². The molecule has 0 radical (unpaired) electrons. The number of benzene rings is 1. The van der Waals surface area contributed by atoms with Crippen molar-refractivity contribution in [2.75, 3.05) is 39.5 Å². The largest absolute Gasteiger partial charge is 0.466 e. The van der Waals surface area contributed by atoms with Crippen molar-refractivity contribution in [1.82, 2.24) is 4.90 Å². The molecule has 0 N–H and O–H groups in total. The monoisotopic (exact) mass is 418 g/mol. The van der Waals surface area contributed by atoms with E-state index in [0.717, 1.165) is 56.8 Å². The Balaban J connectivity index is 1.43. The maximum absolute atomic E-state index is 13.2. The first-order valence-electron chi connectivity index (χ1n) is 11.0. The first-order valence-corrected chi connectivity index (χ1v) is 11.0. The number of rotatable bonds is 7. The highest BCUT2D eigenvalue weighted by molar-refractivity contribution is 6.01. The maximum Gasteiger partial charge on any atom is 0.313 e. The van der Waals surface area contributed by atoms with Crippen LogP contribution in [0.5, 0.6) is 0 Å². The van der Waals surface area contributed by atoms with E-state index in [9.17, 15) is 9.18 Å². The number of hydrogen-bond donors (Lipinski definition) is 0. The molecule has 0 aromatic heterocycles. The van der Waals surface area contributed by atoms with Gasteiger partial charge in [0, 0.05) is 32.5 Å². The fraction of sp³-hybridized carbons (Fsp3) is 0.652. The van der Waals surface area contributed by atoms with Gasteiger partial charge in [0.25, 0.3) is 0 Å². The van der Waals surface area contributed by atoms with Crippen LogP contribution in [-0.4, -0.2) is 62.1 Å². The van der Waals surface area contributed by atoms with Gasteiger partial charge in [-0.1, -0.05) is 17.3 Å². The highest BCUT2D eigenvalue weighted by Gasteiger charge is 2.47. The number of ether oxygens (including phenoxy) is 2. The zero-order valence-electron chi connectivity index (χ0n) is 17.6. The summed E-state index contributed by atoms with van der Waals surface area (Å²) in [7, 11) is 0. The van der Waals surface area contributed by atoms with E-state index in [1.54, 1.807) is 12.1 Å². The third-order valence-electron chi connectivity index (χ3n) is 6.43. The van der Waals surface area contributed by atoms with Gasteiger partial charge in [0.2, 0.25) is 0 Å². The van der Waals surface area contributed by atoms with Crippen LogP contribution >= 0.6 is 0 Å². The average Bonchev–Trinajstić information content (AvgIpc) is 3.41. The summed E-state index contributed by atoms with van der Waals surface area (Å²) >= 11 is 0. The molecule has 30 heavy (non-hydrogen) atoms. The molecule has 0 spiro atoms. The summed E-state index contributed by atoms with van der Waals surface area (Å²) in [5.74, 6) is 0.140. The SMILES string of the molecule is CCOC(=O)[C@]1(C[C@H]2CC(c3ccc(F)cc3)=NO2)CCCN(C[C@@H]2CCOC2)C1. The molecule has 3 aliphatic rings. The van der Waals surface area contributed by atoms with Crippen molar-refractivity contribution < 1.29 is 23.5 Å². The third-order valence-corrected chi connectivity index (χ3v) is 6.43. The molecule has 3 heterocycles. The van der Waals surface area contributed by atoms with E-state index in [4.69, 9.17) is 14.3 Å². The van der Waals surface area contributed by atoms with E-state index < -0.39 is 5.41 Å². The molecular formula is C23H31FN2O4.